The number of nitrogens with zero attached hydrogens (tertiary/aromatic N) is 4. The fourth-order valence-corrected chi connectivity index (χ4v) is 7.30. The van der Waals surface area contributed by atoms with Gasteiger partial charge in [0.25, 0.3) is 23.6 Å². The first-order valence-electron chi connectivity index (χ1n) is 18.3. The number of halogens is 3. The number of ether oxygens (including phenoxy) is 2. The van der Waals surface area contributed by atoms with E-state index in [4.69, 9.17) is 9.47 Å². The maximum absolute atomic E-state index is 15.3. The van der Waals surface area contributed by atoms with Crippen LogP contribution in [0.15, 0.2) is 36.5 Å². The van der Waals surface area contributed by atoms with E-state index in [1.54, 1.807) is 12.1 Å². The largest absolute Gasteiger partial charge is 0.495 e. The number of alkyl halides is 2. The number of fused-ring (bicyclic) bond motifs is 2. The summed E-state index contributed by atoms with van der Waals surface area (Å²) in [7, 11) is 1.31. The normalized spacial score (nSPS) is 19.1. The number of hydrogen-bond acceptors (Lipinski definition) is 13. The van der Waals surface area contributed by atoms with Crippen molar-refractivity contribution in [3.8, 4) is 5.75 Å². The van der Waals surface area contributed by atoms with Gasteiger partial charge in [-0.3, -0.25) is 39.0 Å². The molecule has 1 aromatic heterocycles. The number of anilines is 5. The number of aromatic nitrogens is 2. The molecule has 1 unspecified atom stereocenters. The van der Waals surface area contributed by atoms with Crippen molar-refractivity contribution in [2.75, 3.05) is 60.8 Å². The number of imide groups is 2. The second kappa shape index (κ2) is 16.0. The molecule has 4 heterocycles. The van der Waals surface area contributed by atoms with Gasteiger partial charge in [-0.25, -0.2) is 9.37 Å². The molecule has 1 saturated heterocycles. The molecule has 300 valence electrons. The first-order chi connectivity index (χ1) is 27.4. The van der Waals surface area contributed by atoms with Crippen LogP contribution in [0.25, 0.3) is 0 Å². The molecule has 1 aliphatic carbocycles. The summed E-state index contributed by atoms with van der Waals surface area (Å²) in [6, 6.07) is 5.53. The first-order valence-corrected chi connectivity index (χ1v) is 18.3. The molecule has 1 saturated carbocycles. The molecular formula is C37H38F3N9O8. The highest BCUT2D eigenvalue weighted by Gasteiger charge is 2.47. The highest BCUT2D eigenvalue weighted by molar-refractivity contribution is 6.25. The molecule has 17 nitrogen and oxygen atoms in total. The number of benzene rings is 2. The Morgan fingerprint density at radius 1 is 1.00 bits per heavy atom. The Morgan fingerprint density at radius 3 is 2.53 bits per heavy atom. The Labute approximate surface area is 323 Å². The average molecular weight is 794 g/mol. The highest BCUT2D eigenvalue weighted by atomic mass is 19.3. The van der Waals surface area contributed by atoms with E-state index >= 15 is 4.39 Å². The van der Waals surface area contributed by atoms with Crippen LogP contribution in [-0.2, 0) is 19.1 Å². The minimum atomic E-state index is -3.66. The maximum atomic E-state index is 15.3. The number of carbonyl (C=O) groups excluding carboxylic acids is 6. The summed E-state index contributed by atoms with van der Waals surface area (Å²) < 4.78 is 55.7. The fraction of sp³-hybridized carbons (Fsp3) is 0.405. The van der Waals surface area contributed by atoms with Crippen molar-refractivity contribution in [3.63, 3.8) is 0 Å². The van der Waals surface area contributed by atoms with Gasteiger partial charge >= 0.3 is 5.92 Å². The molecule has 6 amide bonds. The lowest BCUT2D eigenvalue weighted by atomic mass is 10.0. The van der Waals surface area contributed by atoms with Crippen molar-refractivity contribution in [1.82, 2.24) is 25.5 Å². The molecule has 0 radical (unpaired) electrons. The van der Waals surface area contributed by atoms with Gasteiger partial charge in [-0.05, 0) is 37.5 Å². The third-order valence-corrected chi connectivity index (χ3v) is 10.1. The first kappa shape index (κ1) is 38.9. The molecule has 4 aliphatic rings. The predicted molar refractivity (Wildman–Crippen MR) is 196 cm³/mol. The summed E-state index contributed by atoms with van der Waals surface area (Å²) in [6.45, 7) is -0.478. The second-order valence-electron chi connectivity index (χ2n) is 13.8. The van der Waals surface area contributed by atoms with Gasteiger partial charge in [0.05, 0.1) is 55.4 Å². The summed E-state index contributed by atoms with van der Waals surface area (Å²) in [6.07, 6.45) is 4.25. The number of amides is 6. The van der Waals surface area contributed by atoms with E-state index in [1.807, 2.05) is 0 Å². The molecule has 5 N–H and O–H groups in total. The van der Waals surface area contributed by atoms with Crippen LogP contribution in [0.4, 0.5) is 42.0 Å². The van der Waals surface area contributed by atoms with Gasteiger partial charge in [0.1, 0.15) is 23.3 Å². The van der Waals surface area contributed by atoms with E-state index < -0.39 is 59.8 Å². The van der Waals surface area contributed by atoms with Gasteiger partial charge in [0.2, 0.25) is 17.8 Å². The van der Waals surface area contributed by atoms with Crippen molar-refractivity contribution in [1.29, 1.82) is 0 Å². The maximum Gasteiger partial charge on any atom is 0.341 e. The van der Waals surface area contributed by atoms with Gasteiger partial charge in [-0.15, -0.1) is 0 Å². The van der Waals surface area contributed by atoms with Crippen LogP contribution >= 0.6 is 0 Å². The van der Waals surface area contributed by atoms with Crippen molar-refractivity contribution in [2.24, 2.45) is 0 Å². The van der Waals surface area contributed by atoms with Crippen LogP contribution in [-0.4, -0.2) is 108 Å². The zero-order chi connectivity index (χ0) is 40.4. The van der Waals surface area contributed by atoms with Crippen molar-refractivity contribution in [2.45, 2.75) is 56.5 Å². The Morgan fingerprint density at radius 2 is 1.77 bits per heavy atom. The lowest BCUT2D eigenvalue weighted by Crippen LogP contribution is -2.54. The van der Waals surface area contributed by atoms with Crippen molar-refractivity contribution >= 4 is 64.3 Å². The Kier molecular flexibility index (Phi) is 11.0. The monoisotopic (exact) mass is 793 g/mol. The molecule has 7 rings (SSSR count). The van der Waals surface area contributed by atoms with Crippen LogP contribution < -0.4 is 36.2 Å². The Balaban J connectivity index is 0.920. The Hall–Kier alpha value is -6.31. The van der Waals surface area contributed by atoms with Crippen LogP contribution in [0.1, 0.15) is 69.6 Å². The van der Waals surface area contributed by atoms with E-state index in [0.29, 0.717) is 18.5 Å². The minimum Gasteiger partial charge on any atom is -0.495 e. The third-order valence-electron chi connectivity index (χ3n) is 10.1. The number of hydrogen-bond donors (Lipinski definition) is 5. The van der Waals surface area contributed by atoms with E-state index in [1.165, 1.54) is 30.3 Å². The van der Waals surface area contributed by atoms with Crippen LogP contribution in [0.3, 0.4) is 0 Å². The quantitative estimate of drug-likeness (QED) is 0.125. The topological polar surface area (TPSA) is 213 Å². The zero-order valence-electron chi connectivity index (χ0n) is 30.6. The van der Waals surface area contributed by atoms with Crippen molar-refractivity contribution in [3.05, 3.63) is 59.0 Å². The smallest absolute Gasteiger partial charge is 0.341 e. The molecule has 2 fully saturated rings. The van der Waals surface area contributed by atoms with Gasteiger partial charge in [0.15, 0.2) is 5.82 Å². The number of nitrogens with one attached hydrogen (secondary N) is 5. The third kappa shape index (κ3) is 7.89. The van der Waals surface area contributed by atoms with E-state index in [2.05, 4.69) is 36.6 Å². The summed E-state index contributed by atoms with van der Waals surface area (Å²) in [5.41, 5.74) is 0.341. The molecular weight excluding hydrogens is 755 g/mol. The van der Waals surface area contributed by atoms with E-state index in [0.717, 1.165) is 23.8 Å². The van der Waals surface area contributed by atoms with Crippen LogP contribution in [0, 0.1) is 5.82 Å². The fourth-order valence-electron chi connectivity index (χ4n) is 7.30. The van der Waals surface area contributed by atoms with Gasteiger partial charge in [-0.2, -0.15) is 13.8 Å². The lowest BCUT2D eigenvalue weighted by Gasteiger charge is -2.31. The van der Waals surface area contributed by atoms with E-state index in [9.17, 15) is 37.5 Å². The minimum absolute atomic E-state index is 0.00523. The summed E-state index contributed by atoms with van der Waals surface area (Å²) in [4.78, 5) is 86.2. The average Bonchev–Trinajstić information content (AvgIpc) is 3.78. The van der Waals surface area contributed by atoms with Crippen molar-refractivity contribution < 1.29 is 51.4 Å². The predicted octanol–water partition coefficient (Wildman–Crippen LogP) is 2.96. The molecule has 20 heteroatoms. The molecule has 3 aliphatic heterocycles. The van der Waals surface area contributed by atoms with Gasteiger partial charge in [-0.1, -0.05) is 18.9 Å². The number of piperidine rings is 1. The summed E-state index contributed by atoms with van der Waals surface area (Å²) in [5, 5.41) is 12.8. The number of rotatable bonds is 13. The van der Waals surface area contributed by atoms with E-state index in [-0.39, 0.29) is 90.8 Å². The summed E-state index contributed by atoms with van der Waals surface area (Å²) in [5.74, 6) is -9.15. The molecule has 0 spiro atoms. The lowest BCUT2D eigenvalue weighted by molar-refractivity contribution is -0.138. The molecule has 3 aromatic rings. The summed E-state index contributed by atoms with van der Waals surface area (Å²) >= 11 is 0. The zero-order valence-corrected chi connectivity index (χ0v) is 30.6. The number of methoxy groups -OCH3 is 1. The SMILES string of the molecule is COc1cc(C(=O)NCCOCCNc2cccc3c2C(=O)N(C2CCC(=O)NC2=O)C3=O)c(F)cc1Nc1ncc2c(n1)N(C1CCCC1)CC(F)(F)C(=O)N2. The second-order valence-corrected chi connectivity index (χ2v) is 13.8. The van der Waals surface area contributed by atoms with Crippen LogP contribution in [0.2, 0.25) is 0 Å². The molecule has 1 atom stereocenters. The number of carbonyl (C=O) groups is 6. The Bertz CT molecular complexity index is 2150. The van der Waals surface area contributed by atoms with Gasteiger partial charge < -0.3 is 35.6 Å². The molecule has 57 heavy (non-hydrogen) atoms. The highest BCUT2D eigenvalue weighted by Crippen LogP contribution is 2.38. The molecule has 2 aromatic carbocycles. The van der Waals surface area contributed by atoms with Crippen LogP contribution in [0.5, 0.6) is 5.75 Å². The molecule has 0 bridgehead atoms. The standard InChI is InChI=1S/C37H38F3N9O8/c1-56-27-15-21(22(38)16-24(27)45-36-43-17-25-30(47-36)48(19-5-2-3-6-19)18-37(39,40)35(55)44-25)31(51)42-12-14-57-13-11-41-23-8-4-7-20-29(23)34(54)49(33(20)53)26-9-10-28(50)46-32(26)52/h4,7-8,15-17,19,26,41H,2-3,5-6,9-14,18H2,1H3,(H,42,51)(H,44,55)(H,43,45,47)(H,46,50,52). The van der Waals surface area contributed by atoms with Gasteiger partial charge in [0, 0.05) is 37.3 Å².